The highest BCUT2D eigenvalue weighted by Crippen LogP contribution is 2.21. The second-order valence-corrected chi connectivity index (χ2v) is 8.08. The fourth-order valence-electron chi connectivity index (χ4n) is 3.58. The predicted octanol–water partition coefficient (Wildman–Crippen LogP) is 4.44. The van der Waals surface area contributed by atoms with Crippen LogP contribution >= 0.6 is 0 Å². The number of hydrogen-bond acceptors (Lipinski definition) is 5. The van der Waals surface area contributed by atoms with Gasteiger partial charge in [-0.15, -0.1) is 0 Å². The number of nitrogens with zero attached hydrogens (tertiary/aromatic N) is 2. The molecule has 1 aromatic heterocycles. The van der Waals surface area contributed by atoms with Crippen molar-refractivity contribution in [3.63, 3.8) is 0 Å². The summed E-state index contributed by atoms with van der Waals surface area (Å²) >= 11 is 0. The van der Waals surface area contributed by atoms with Gasteiger partial charge < -0.3 is 14.6 Å². The maximum atomic E-state index is 12.7. The molecule has 0 aliphatic heterocycles. The van der Waals surface area contributed by atoms with Gasteiger partial charge in [-0.05, 0) is 61.9 Å². The number of rotatable bonds is 7. The largest absolute Gasteiger partial charge is 0.427 e. The van der Waals surface area contributed by atoms with Crippen LogP contribution in [0.2, 0.25) is 0 Å². The summed E-state index contributed by atoms with van der Waals surface area (Å²) in [6.45, 7) is 1.97. The molecule has 1 N–H and O–H groups in total. The van der Waals surface area contributed by atoms with Crippen LogP contribution in [0.15, 0.2) is 77.6 Å². The van der Waals surface area contributed by atoms with Gasteiger partial charge in [0.25, 0.3) is 11.5 Å². The lowest BCUT2D eigenvalue weighted by atomic mass is 10.1. The standard InChI is InChI=1S/C27H25N3O4/c1-18-10-12-19(13-11-18)27(33)30(2)20-14-16-21(17-15-20)34-25(31)9-5-8-24-28-23-7-4-3-6-22(23)26(32)29-24/h3-4,6-7,10-17H,5,8-9H2,1-2H3,(H,28,29,32). The number of ether oxygens (including phenoxy) is 1. The first kappa shape index (κ1) is 22.9. The van der Waals surface area contributed by atoms with E-state index in [1.165, 1.54) is 0 Å². The molecular formula is C27H25N3O4. The quantitative estimate of drug-likeness (QED) is 0.329. The molecule has 0 saturated carbocycles. The fourth-order valence-corrected chi connectivity index (χ4v) is 3.58. The van der Waals surface area contributed by atoms with E-state index in [1.807, 2.05) is 25.1 Å². The van der Waals surface area contributed by atoms with Crippen molar-refractivity contribution in [1.82, 2.24) is 9.97 Å². The lowest BCUT2D eigenvalue weighted by molar-refractivity contribution is -0.134. The Bertz CT molecular complexity index is 1380. The average Bonchev–Trinajstić information content (AvgIpc) is 2.84. The van der Waals surface area contributed by atoms with E-state index >= 15 is 0 Å². The highest BCUT2D eigenvalue weighted by Gasteiger charge is 2.14. The van der Waals surface area contributed by atoms with E-state index in [1.54, 1.807) is 66.5 Å². The van der Waals surface area contributed by atoms with Crippen molar-refractivity contribution in [2.24, 2.45) is 0 Å². The molecule has 0 aliphatic rings. The molecular weight excluding hydrogens is 430 g/mol. The fraction of sp³-hybridized carbons (Fsp3) is 0.185. The van der Waals surface area contributed by atoms with Gasteiger partial charge in [-0.3, -0.25) is 14.4 Å². The third-order valence-corrected chi connectivity index (χ3v) is 5.52. The van der Waals surface area contributed by atoms with Gasteiger partial charge in [0.15, 0.2) is 0 Å². The second kappa shape index (κ2) is 10.1. The van der Waals surface area contributed by atoms with Crippen molar-refractivity contribution in [1.29, 1.82) is 0 Å². The normalized spacial score (nSPS) is 10.8. The van der Waals surface area contributed by atoms with E-state index in [9.17, 15) is 14.4 Å². The number of hydrogen-bond donors (Lipinski definition) is 1. The van der Waals surface area contributed by atoms with Gasteiger partial charge >= 0.3 is 5.97 Å². The number of esters is 1. The smallest absolute Gasteiger partial charge is 0.311 e. The molecule has 4 rings (SSSR count). The van der Waals surface area contributed by atoms with E-state index in [4.69, 9.17) is 4.74 Å². The molecule has 4 aromatic rings. The number of fused-ring (bicyclic) bond motifs is 1. The third kappa shape index (κ3) is 5.38. The molecule has 0 bridgehead atoms. The first-order valence-electron chi connectivity index (χ1n) is 11.0. The number of carbonyl (C=O) groups is 2. The molecule has 0 atom stereocenters. The zero-order valence-corrected chi connectivity index (χ0v) is 19.1. The van der Waals surface area contributed by atoms with Crippen molar-refractivity contribution >= 4 is 28.5 Å². The molecule has 34 heavy (non-hydrogen) atoms. The van der Waals surface area contributed by atoms with Gasteiger partial charge in [0.05, 0.1) is 10.9 Å². The summed E-state index contributed by atoms with van der Waals surface area (Å²) in [7, 11) is 1.70. The van der Waals surface area contributed by atoms with Gasteiger partial charge in [-0.2, -0.15) is 0 Å². The number of aromatic nitrogens is 2. The zero-order valence-electron chi connectivity index (χ0n) is 19.1. The van der Waals surface area contributed by atoms with Crippen LogP contribution in [0.1, 0.15) is 34.6 Å². The average molecular weight is 456 g/mol. The molecule has 0 saturated heterocycles. The number of amides is 1. The summed E-state index contributed by atoms with van der Waals surface area (Å²) in [5.74, 6) is 0.453. The first-order valence-corrected chi connectivity index (χ1v) is 11.0. The SMILES string of the molecule is Cc1ccc(C(=O)N(C)c2ccc(OC(=O)CCCc3nc4ccccc4c(=O)[nH]3)cc2)cc1. The molecule has 7 nitrogen and oxygen atoms in total. The van der Waals surface area contributed by atoms with Crippen LogP contribution in [0.4, 0.5) is 5.69 Å². The Balaban J connectivity index is 1.30. The van der Waals surface area contributed by atoms with Crippen LogP contribution in [-0.4, -0.2) is 28.9 Å². The maximum absolute atomic E-state index is 12.7. The number of H-pyrrole nitrogens is 1. The summed E-state index contributed by atoms with van der Waals surface area (Å²) < 4.78 is 5.40. The predicted molar refractivity (Wildman–Crippen MR) is 131 cm³/mol. The summed E-state index contributed by atoms with van der Waals surface area (Å²) in [4.78, 5) is 45.8. The number of nitrogens with one attached hydrogen (secondary N) is 1. The van der Waals surface area contributed by atoms with E-state index in [0.29, 0.717) is 46.6 Å². The molecule has 1 heterocycles. The summed E-state index contributed by atoms with van der Waals surface area (Å²) in [5, 5.41) is 0.542. The van der Waals surface area contributed by atoms with Gasteiger partial charge in [-0.25, -0.2) is 4.98 Å². The van der Waals surface area contributed by atoms with Gasteiger partial charge in [-0.1, -0.05) is 29.8 Å². The van der Waals surface area contributed by atoms with Crippen LogP contribution in [-0.2, 0) is 11.2 Å². The Kier molecular flexibility index (Phi) is 6.82. The lowest BCUT2D eigenvalue weighted by Gasteiger charge is -2.18. The van der Waals surface area contributed by atoms with Crippen molar-refractivity contribution in [2.45, 2.75) is 26.2 Å². The Morgan fingerprint density at radius 1 is 0.971 bits per heavy atom. The highest BCUT2D eigenvalue weighted by molar-refractivity contribution is 6.05. The number of benzene rings is 3. The molecule has 0 fully saturated rings. The molecule has 0 radical (unpaired) electrons. The van der Waals surface area contributed by atoms with Crippen LogP contribution in [0, 0.1) is 6.92 Å². The molecule has 172 valence electrons. The lowest BCUT2D eigenvalue weighted by Crippen LogP contribution is -2.26. The molecule has 0 spiro atoms. The van der Waals surface area contributed by atoms with Gasteiger partial charge in [0.2, 0.25) is 0 Å². The first-order chi connectivity index (χ1) is 16.4. The number of aryl methyl sites for hydroxylation is 2. The van der Waals surface area contributed by atoms with E-state index in [0.717, 1.165) is 5.56 Å². The van der Waals surface area contributed by atoms with E-state index < -0.39 is 0 Å². The van der Waals surface area contributed by atoms with Crippen molar-refractivity contribution in [2.75, 3.05) is 11.9 Å². The summed E-state index contributed by atoms with van der Waals surface area (Å²) in [6, 6.07) is 21.3. The topological polar surface area (TPSA) is 92.4 Å². The molecule has 3 aromatic carbocycles. The van der Waals surface area contributed by atoms with Crippen LogP contribution in [0.25, 0.3) is 10.9 Å². The van der Waals surface area contributed by atoms with Gasteiger partial charge in [0.1, 0.15) is 11.6 Å². The Morgan fingerprint density at radius 3 is 2.41 bits per heavy atom. The van der Waals surface area contributed by atoms with Crippen LogP contribution in [0.3, 0.4) is 0 Å². The van der Waals surface area contributed by atoms with Crippen LogP contribution < -0.4 is 15.2 Å². The Labute approximate surface area is 197 Å². The maximum Gasteiger partial charge on any atom is 0.311 e. The minimum atomic E-state index is -0.375. The summed E-state index contributed by atoms with van der Waals surface area (Å²) in [6.07, 6.45) is 1.14. The minimum Gasteiger partial charge on any atom is -0.427 e. The Hall–Kier alpha value is -4.26. The second-order valence-electron chi connectivity index (χ2n) is 8.08. The summed E-state index contributed by atoms with van der Waals surface area (Å²) in [5.41, 5.74) is 2.83. The van der Waals surface area contributed by atoms with Crippen LogP contribution in [0.5, 0.6) is 5.75 Å². The molecule has 0 unspecified atom stereocenters. The van der Waals surface area contributed by atoms with E-state index in [2.05, 4.69) is 9.97 Å². The van der Waals surface area contributed by atoms with E-state index in [-0.39, 0.29) is 23.9 Å². The number of aromatic amines is 1. The number of carbonyl (C=O) groups excluding carboxylic acids is 2. The Morgan fingerprint density at radius 2 is 1.68 bits per heavy atom. The third-order valence-electron chi connectivity index (χ3n) is 5.52. The minimum absolute atomic E-state index is 0.120. The van der Waals surface area contributed by atoms with Gasteiger partial charge in [0, 0.05) is 31.1 Å². The van der Waals surface area contributed by atoms with Crippen molar-refractivity contribution in [3.8, 4) is 5.75 Å². The van der Waals surface area contributed by atoms with Crippen molar-refractivity contribution in [3.05, 3.63) is 100 Å². The van der Waals surface area contributed by atoms with Crippen molar-refractivity contribution < 1.29 is 14.3 Å². The zero-order chi connectivity index (χ0) is 24.1. The molecule has 1 amide bonds. The number of para-hydroxylation sites is 1. The monoisotopic (exact) mass is 455 g/mol. The molecule has 0 aliphatic carbocycles. The molecule has 7 heteroatoms. The number of anilines is 1. The highest BCUT2D eigenvalue weighted by atomic mass is 16.5.